The Morgan fingerprint density at radius 3 is 2.26 bits per heavy atom. The highest BCUT2D eigenvalue weighted by molar-refractivity contribution is 7.89. The fourth-order valence-corrected chi connectivity index (χ4v) is 7.40. The molecule has 10 heteroatoms. The van der Waals surface area contributed by atoms with Crippen LogP contribution in [0.1, 0.15) is 71.6 Å². The smallest absolute Gasteiger partial charge is 0.325 e. The first kappa shape index (κ1) is 24.7. The molecule has 34 heavy (non-hydrogen) atoms. The van der Waals surface area contributed by atoms with E-state index in [9.17, 15) is 22.8 Å². The van der Waals surface area contributed by atoms with Crippen LogP contribution in [0.3, 0.4) is 0 Å². The molecule has 2 heterocycles. The first-order chi connectivity index (χ1) is 16.1. The van der Waals surface area contributed by atoms with E-state index in [1.54, 1.807) is 16.4 Å². The first-order valence-corrected chi connectivity index (χ1v) is 13.7. The lowest BCUT2D eigenvalue weighted by Crippen LogP contribution is -2.48. The minimum atomic E-state index is -3.62. The Morgan fingerprint density at radius 2 is 1.65 bits per heavy atom. The third-order valence-electron chi connectivity index (χ3n) is 7.34. The summed E-state index contributed by atoms with van der Waals surface area (Å²) in [6.07, 6.45) is 6.83. The number of urea groups is 1. The predicted molar refractivity (Wildman–Crippen MR) is 128 cm³/mol. The minimum absolute atomic E-state index is 0.00937. The number of hydrogen-bond donors (Lipinski definition) is 2. The van der Waals surface area contributed by atoms with E-state index in [1.807, 2.05) is 13.8 Å². The maximum atomic E-state index is 13.1. The van der Waals surface area contributed by atoms with E-state index in [2.05, 4.69) is 10.6 Å². The molecule has 2 atom stereocenters. The topological polar surface area (TPSA) is 116 Å². The summed E-state index contributed by atoms with van der Waals surface area (Å²) in [7, 11) is -3.62. The molecule has 0 bridgehead atoms. The molecule has 4 rings (SSSR count). The number of amides is 4. The van der Waals surface area contributed by atoms with E-state index < -0.39 is 21.6 Å². The van der Waals surface area contributed by atoms with Gasteiger partial charge in [0.25, 0.3) is 5.91 Å². The summed E-state index contributed by atoms with van der Waals surface area (Å²) >= 11 is 0. The molecule has 1 aromatic carbocycles. The monoisotopic (exact) mass is 490 g/mol. The van der Waals surface area contributed by atoms with Crippen LogP contribution in [0.4, 0.5) is 10.5 Å². The van der Waals surface area contributed by atoms with Gasteiger partial charge in [-0.15, -0.1) is 0 Å². The highest BCUT2D eigenvalue weighted by atomic mass is 32.2. The van der Waals surface area contributed by atoms with Crippen molar-refractivity contribution in [1.29, 1.82) is 0 Å². The maximum absolute atomic E-state index is 13.1. The SMILES string of the molecule is CC1CCCC(C)N1S(=O)(=O)c1ccc(NC(=O)CCN2C(=O)NC3(CCCCC3)C2=O)cc1. The quantitative estimate of drug-likeness (QED) is 0.594. The summed E-state index contributed by atoms with van der Waals surface area (Å²) in [6.45, 7) is 3.88. The number of rotatable bonds is 6. The fraction of sp³-hybridized carbons (Fsp3) is 0.625. The Balaban J connectivity index is 1.34. The number of nitrogens with one attached hydrogen (secondary N) is 2. The van der Waals surface area contributed by atoms with Crippen LogP contribution in [0.15, 0.2) is 29.2 Å². The zero-order chi connectivity index (χ0) is 24.5. The number of benzene rings is 1. The Bertz CT molecular complexity index is 1040. The number of carbonyl (C=O) groups is 3. The van der Waals surface area contributed by atoms with Gasteiger partial charge in [0.05, 0.1) is 4.90 Å². The van der Waals surface area contributed by atoms with Crippen molar-refractivity contribution in [2.45, 2.75) is 94.2 Å². The first-order valence-electron chi connectivity index (χ1n) is 12.2. The fourth-order valence-electron chi connectivity index (χ4n) is 5.51. The van der Waals surface area contributed by atoms with Crippen molar-refractivity contribution < 1.29 is 22.8 Å². The largest absolute Gasteiger partial charge is 0.326 e. The van der Waals surface area contributed by atoms with Gasteiger partial charge in [-0.2, -0.15) is 4.31 Å². The Labute approximate surface area is 201 Å². The molecule has 2 N–H and O–H groups in total. The number of anilines is 1. The molecule has 4 amide bonds. The molecule has 2 aliphatic heterocycles. The van der Waals surface area contributed by atoms with Gasteiger partial charge in [0.2, 0.25) is 15.9 Å². The standard InChI is InChI=1S/C24H34N4O5S/c1-17-7-6-8-18(2)28(17)34(32,33)20-11-9-19(10-12-20)25-21(29)13-16-27-22(30)24(26-23(27)31)14-4-3-5-15-24/h9-12,17-18H,3-8,13-16H2,1-2H3,(H,25,29)(H,26,31). The van der Waals surface area contributed by atoms with Gasteiger partial charge in [-0.05, 0) is 63.8 Å². The summed E-state index contributed by atoms with van der Waals surface area (Å²) in [5.41, 5.74) is -0.333. The Hall–Kier alpha value is -2.46. The van der Waals surface area contributed by atoms with Crippen LogP contribution < -0.4 is 10.6 Å². The van der Waals surface area contributed by atoms with Crippen molar-refractivity contribution in [3.8, 4) is 0 Å². The average molecular weight is 491 g/mol. The van der Waals surface area contributed by atoms with Crippen LogP contribution in [0.25, 0.3) is 0 Å². The molecule has 1 aliphatic carbocycles. The van der Waals surface area contributed by atoms with Crippen LogP contribution >= 0.6 is 0 Å². The number of hydrogen-bond acceptors (Lipinski definition) is 5. The second-order valence-electron chi connectivity index (χ2n) is 9.82. The van der Waals surface area contributed by atoms with E-state index in [-0.39, 0.29) is 41.8 Å². The third kappa shape index (κ3) is 4.70. The molecule has 1 aromatic rings. The van der Waals surface area contributed by atoms with E-state index in [1.165, 1.54) is 12.1 Å². The van der Waals surface area contributed by atoms with Crippen molar-refractivity contribution in [2.24, 2.45) is 0 Å². The second kappa shape index (κ2) is 9.65. The second-order valence-corrected chi connectivity index (χ2v) is 11.7. The molecule has 3 fully saturated rings. The van der Waals surface area contributed by atoms with Crippen LogP contribution in [0.5, 0.6) is 0 Å². The number of piperidine rings is 1. The van der Waals surface area contributed by atoms with Crippen LogP contribution in [0.2, 0.25) is 0 Å². The summed E-state index contributed by atoms with van der Waals surface area (Å²) < 4.78 is 27.9. The third-order valence-corrected chi connectivity index (χ3v) is 9.48. The van der Waals surface area contributed by atoms with Crippen molar-refractivity contribution in [1.82, 2.24) is 14.5 Å². The maximum Gasteiger partial charge on any atom is 0.325 e. The number of imide groups is 1. The van der Waals surface area contributed by atoms with Gasteiger partial charge in [-0.25, -0.2) is 13.2 Å². The van der Waals surface area contributed by atoms with E-state index in [4.69, 9.17) is 0 Å². The van der Waals surface area contributed by atoms with Crippen molar-refractivity contribution in [3.05, 3.63) is 24.3 Å². The number of nitrogens with zero attached hydrogens (tertiary/aromatic N) is 2. The molecule has 1 spiro atoms. The highest BCUT2D eigenvalue weighted by Gasteiger charge is 2.51. The van der Waals surface area contributed by atoms with Gasteiger partial charge in [0, 0.05) is 30.7 Å². The molecule has 0 aromatic heterocycles. The highest BCUT2D eigenvalue weighted by Crippen LogP contribution is 2.34. The Morgan fingerprint density at radius 1 is 1.03 bits per heavy atom. The molecular weight excluding hydrogens is 456 g/mol. The zero-order valence-corrected chi connectivity index (χ0v) is 20.7. The van der Waals surface area contributed by atoms with Crippen LogP contribution in [-0.4, -0.2) is 59.6 Å². The molecule has 2 saturated heterocycles. The lowest BCUT2D eigenvalue weighted by molar-refractivity contribution is -0.132. The normalized spacial score (nSPS) is 25.4. The molecule has 2 unspecified atom stereocenters. The van der Waals surface area contributed by atoms with Gasteiger partial charge in [-0.3, -0.25) is 14.5 Å². The lowest BCUT2D eigenvalue weighted by atomic mass is 9.82. The Kier molecular flexibility index (Phi) is 7.00. The predicted octanol–water partition coefficient (Wildman–Crippen LogP) is 3.22. The lowest BCUT2D eigenvalue weighted by Gasteiger charge is -2.37. The summed E-state index contributed by atoms with van der Waals surface area (Å²) in [5, 5.41) is 5.57. The van der Waals surface area contributed by atoms with Gasteiger partial charge in [0.15, 0.2) is 0 Å². The molecular formula is C24H34N4O5S. The molecule has 9 nitrogen and oxygen atoms in total. The summed E-state index contributed by atoms with van der Waals surface area (Å²) in [6, 6.07) is 5.60. The molecule has 1 saturated carbocycles. The summed E-state index contributed by atoms with van der Waals surface area (Å²) in [5.74, 6) is -0.584. The van der Waals surface area contributed by atoms with E-state index >= 15 is 0 Å². The summed E-state index contributed by atoms with van der Waals surface area (Å²) in [4.78, 5) is 39.0. The minimum Gasteiger partial charge on any atom is -0.326 e. The van der Waals surface area contributed by atoms with Crippen molar-refractivity contribution in [3.63, 3.8) is 0 Å². The van der Waals surface area contributed by atoms with Crippen molar-refractivity contribution in [2.75, 3.05) is 11.9 Å². The molecule has 0 radical (unpaired) electrons. The van der Waals surface area contributed by atoms with E-state index in [0.717, 1.165) is 43.4 Å². The molecule has 186 valence electrons. The van der Waals surface area contributed by atoms with Crippen LogP contribution in [-0.2, 0) is 19.6 Å². The number of sulfonamides is 1. The number of carbonyl (C=O) groups excluding carboxylic acids is 3. The van der Waals surface area contributed by atoms with Crippen LogP contribution in [0, 0.1) is 0 Å². The van der Waals surface area contributed by atoms with Gasteiger partial charge in [0.1, 0.15) is 5.54 Å². The average Bonchev–Trinajstić information content (AvgIpc) is 3.01. The van der Waals surface area contributed by atoms with Gasteiger partial charge >= 0.3 is 6.03 Å². The van der Waals surface area contributed by atoms with Gasteiger partial charge in [-0.1, -0.05) is 25.7 Å². The molecule has 3 aliphatic rings. The van der Waals surface area contributed by atoms with E-state index in [0.29, 0.717) is 18.5 Å². The zero-order valence-electron chi connectivity index (χ0n) is 19.9. The van der Waals surface area contributed by atoms with Gasteiger partial charge < -0.3 is 10.6 Å². The van der Waals surface area contributed by atoms with Crippen molar-refractivity contribution >= 4 is 33.6 Å².